The standard InChI is InChI=1S/C30H20N2O4S4.2C4H8O/c31-27(33)25-26(28(32)34)40-30(39-25)29-37-21-13-35-19-11-9-15-5-1-3-7-17(15)23(19)24-18-8-4-2-6-16(18)10-12-20(24)36-14-22(21)38-29;2*1-2-4-5-3-1/h1-12H,13-14H2,(H2,31,33)(H2,32,34);2*1-4H2. The molecule has 5 heterocycles. The van der Waals surface area contributed by atoms with Crippen LogP contribution in [0.3, 0.4) is 0 Å². The van der Waals surface area contributed by atoms with Crippen LogP contribution in [0.15, 0.2) is 101 Å². The lowest BCUT2D eigenvalue weighted by atomic mass is 9.92. The van der Waals surface area contributed by atoms with Crippen molar-refractivity contribution in [2.24, 2.45) is 11.5 Å². The first-order valence-electron chi connectivity index (χ1n) is 16.4. The Hall–Kier alpha value is -3.52. The van der Waals surface area contributed by atoms with E-state index in [1.807, 2.05) is 36.4 Å². The number of hydrogen-bond donors (Lipinski definition) is 2. The highest BCUT2D eigenvalue weighted by Crippen LogP contribution is 2.60. The van der Waals surface area contributed by atoms with Crippen LogP contribution in [-0.2, 0) is 19.1 Å². The van der Waals surface area contributed by atoms with E-state index in [0.29, 0.717) is 13.2 Å². The fourth-order valence-electron chi connectivity index (χ4n) is 5.93. The maximum Gasteiger partial charge on any atom is 0.256 e. The number of hydrogen-bond acceptors (Lipinski definition) is 10. The molecule has 4 N–H and O–H groups in total. The van der Waals surface area contributed by atoms with Gasteiger partial charge in [-0.15, -0.1) is 0 Å². The molecule has 8 nitrogen and oxygen atoms in total. The van der Waals surface area contributed by atoms with Crippen LogP contribution >= 0.6 is 47.0 Å². The van der Waals surface area contributed by atoms with Crippen LogP contribution < -0.4 is 20.9 Å². The van der Waals surface area contributed by atoms with Gasteiger partial charge in [0.25, 0.3) is 11.8 Å². The van der Waals surface area contributed by atoms with E-state index in [1.165, 1.54) is 49.2 Å². The topological polar surface area (TPSA) is 123 Å². The minimum atomic E-state index is -0.659. The van der Waals surface area contributed by atoms with E-state index in [0.717, 1.165) is 88.9 Å². The highest BCUT2D eigenvalue weighted by molar-refractivity contribution is 8.34. The number of thioether (sulfide) groups is 4. The Morgan fingerprint density at radius 1 is 0.520 bits per heavy atom. The van der Waals surface area contributed by atoms with Gasteiger partial charge in [-0.25, -0.2) is 0 Å². The predicted octanol–water partition coefficient (Wildman–Crippen LogP) is 8.51. The van der Waals surface area contributed by atoms with Crippen LogP contribution in [-0.4, -0.2) is 51.5 Å². The Kier molecular flexibility index (Phi) is 11.3. The van der Waals surface area contributed by atoms with Crippen LogP contribution in [0.4, 0.5) is 0 Å². The molecule has 0 spiro atoms. The van der Waals surface area contributed by atoms with Crippen molar-refractivity contribution in [3.8, 4) is 22.6 Å². The van der Waals surface area contributed by atoms with E-state index in [-0.39, 0.29) is 9.81 Å². The van der Waals surface area contributed by atoms with Crippen molar-refractivity contribution < 1.29 is 28.5 Å². The molecule has 0 radical (unpaired) electrons. The number of benzene rings is 4. The van der Waals surface area contributed by atoms with Crippen LogP contribution in [0, 0.1) is 0 Å². The summed E-state index contributed by atoms with van der Waals surface area (Å²) >= 11 is 5.52. The number of carbonyl (C=O) groups is 2. The molecule has 0 saturated carbocycles. The fourth-order valence-corrected chi connectivity index (χ4v) is 11.2. The average molecular weight is 745 g/mol. The van der Waals surface area contributed by atoms with Gasteiger partial charge in [0.05, 0.1) is 18.3 Å². The number of primary amides is 2. The quantitative estimate of drug-likeness (QED) is 0.207. The first kappa shape index (κ1) is 34.9. The zero-order chi connectivity index (χ0) is 34.5. The summed E-state index contributed by atoms with van der Waals surface area (Å²) in [7, 11) is 0. The molecule has 0 aromatic heterocycles. The van der Waals surface area contributed by atoms with E-state index in [9.17, 15) is 9.59 Å². The average Bonchev–Trinajstić information content (AvgIpc) is 3.98. The fraction of sp³-hybridized carbons (Fsp3) is 0.263. The van der Waals surface area contributed by atoms with Crippen LogP contribution in [0.25, 0.3) is 32.7 Å². The predicted molar refractivity (Wildman–Crippen MR) is 208 cm³/mol. The van der Waals surface area contributed by atoms with E-state index >= 15 is 0 Å². The summed E-state index contributed by atoms with van der Waals surface area (Å²) in [6, 6.07) is 24.8. The zero-order valence-electron chi connectivity index (χ0n) is 27.2. The molecule has 9 rings (SSSR count). The SMILES string of the molecule is C1CCOC1.C1CCOC1.NC(=O)C1=C(C(N)=O)SC(=C2SC3=C(COc4ccc5ccccc5c4-c4c(ccc5ccccc45)OC3)S2)S1. The molecule has 2 saturated heterocycles. The van der Waals surface area contributed by atoms with Gasteiger partial charge in [0.1, 0.15) is 24.7 Å². The molecule has 258 valence electrons. The van der Waals surface area contributed by atoms with Gasteiger partial charge in [0, 0.05) is 47.4 Å². The number of rotatable bonds is 2. The number of carbonyl (C=O) groups excluding carboxylic acids is 2. The summed E-state index contributed by atoms with van der Waals surface area (Å²) in [5.74, 6) is 0.236. The molecule has 2 fully saturated rings. The number of ether oxygens (including phenoxy) is 4. The summed E-state index contributed by atoms with van der Waals surface area (Å²) in [5, 5.41) is 4.43. The molecule has 4 aromatic carbocycles. The molecule has 50 heavy (non-hydrogen) atoms. The third-order valence-electron chi connectivity index (χ3n) is 8.36. The second-order valence-corrected chi connectivity index (χ2v) is 16.5. The van der Waals surface area contributed by atoms with Gasteiger partial charge >= 0.3 is 0 Å². The lowest BCUT2D eigenvalue weighted by molar-refractivity contribution is -0.116. The second kappa shape index (κ2) is 16.2. The minimum absolute atomic E-state index is 0.184. The zero-order valence-corrected chi connectivity index (χ0v) is 30.5. The summed E-state index contributed by atoms with van der Waals surface area (Å²) in [6.45, 7) is 4.71. The van der Waals surface area contributed by atoms with E-state index in [2.05, 4.69) is 36.4 Å². The maximum absolute atomic E-state index is 12.0. The van der Waals surface area contributed by atoms with Crippen molar-refractivity contribution in [2.45, 2.75) is 25.7 Å². The van der Waals surface area contributed by atoms with Crippen LogP contribution in [0.2, 0.25) is 0 Å². The van der Waals surface area contributed by atoms with E-state index in [1.54, 1.807) is 23.5 Å². The molecule has 12 heteroatoms. The van der Waals surface area contributed by atoms with Gasteiger partial charge in [-0.3, -0.25) is 9.59 Å². The molecule has 0 atom stereocenters. The number of amides is 2. The molecule has 5 aliphatic heterocycles. The first-order valence-corrected chi connectivity index (χ1v) is 19.7. The van der Waals surface area contributed by atoms with Crippen LogP contribution in [0.5, 0.6) is 11.5 Å². The summed E-state index contributed by atoms with van der Waals surface area (Å²) in [4.78, 5) is 26.3. The summed E-state index contributed by atoms with van der Waals surface area (Å²) in [6.07, 6.45) is 5.11. The third kappa shape index (κ3) is 7.70. The second-order valence-electron chi connectivity index (χ2n) is 11.8. The highest BCUT2D eigenvalue weighted by atomic mass is 32.2. The number of nitrogens with two attached hydrogens (primary N) is 2. The molecule has 4 aromatic rings. The smallest absolute Gasteiger partial charge is 0.256 e. The Morgan fingerprint density at radius 2 is 0.920 bits per heavy atom. The van der Waals surface area contributed by atoms with Crippen molar-refractivity contribution in [1.29, 1.82) is 0 Å². The van der Waals surface area contributed by atoms with Crippen molar-refractivity contribution in [2.75, 3.05) is 39.6 Å². The molecule has 0 bridgehead atoms. The summed E-state index contributed by atoms with van der Waals surface area (Å²) in [5.41, 5.74) is 13.1. The van der Waals surface area contributed by atoms with Crippen LogP contribution in [0.1, 0.15) is 25.7 Å². The third-order valence-corrected chi connectivity index (χ3v) is 14.1. The molecule has 2 amide bonds. The van der Waals surface area contributed by atoms with Crippen molar-refractivity contribution >= 4 is 80.4 Å². The minimum Gasteiger partial charge on any atom is -0.488 e. The first-order chi connectivity index (χ1) is 24.5. The van der Waals surface area contributed by atoms with Crippen molar-refractivity contribution in [3.63, 3.8) is 0 Å². The van der Waals surface area contributed by atoms with Gasteiger partial charge in [0.2, 0.25) is 0 Å². The number of fused-ring (bicyclic) bond motifs is 7. The van der Waals surface area contributed by atoms with Crippen molar-refractivity contribution in [3.05, 3.63) is 101 Å². The van der Waals surface area contributed by atoms with E-state index < -0.39 is 11.8 Å². The van der Waals surface area contributed by atoms with Gasteiger partial charge in [-0.1, -0.05) is 108 Å². The molecule has 5 aliphatic rings. The summed E-state index contributed by atoms with van der Waals surface area (Å²) < 4.78 is 24.8. The Bertz CT molecular complexity index is 1900. The van der Waals surface area contributed by atoms with Gasteiger partial charge in [-0.05, 0) is 59.4 Å². The lowest BCUT2D eigenvalue weighted by Gasteiger charge is -2.21. The normalized spacial score (nSPS) is 18.3. The lowest BCUT2D eigenvalue weighted by Crippen LogP contribution is -2.18. The maximum atomic E-state index is 12.0. The Labute approximate surface area is 307 Å². The van der Waals surface area contributed by atoms with Gasteiger partial charge < -0.3 is 30.4 Å². The highest BCUT2D eigenvalue weighted by Gasteiger charge is 2.34. The largest absolute Gasteiger partial charge is 0.488 e. The van der Waals surface area contributed by atoms with Crippen molar-refractivity contribution in [1.82, 2.24) is 0 Å². The molecule has 0 unspecified atom stereocenters. The van der Waals surface area contributed by atoms with E-state index in [4.69, 9.17) is 30.4 Å². The van der Waals surface area contributed by atoms with Gasteiger partial charge in [-0.2, -0.15) is 0 Å². The Balaban J connectivity index is 0.000000338. The Morgan fingerprint density at radius 3 is 1.30 bits per heavy atom. The monoisotopic (exact) mass is 744 g/mol. The van der Waals surface area contributed by atoms with Gasteiger partial charge in [0.15, 0.2) is 0 Å². The molecular formula is C38H36N2O6S4. The molecule has 0 aliphatic carbocycles. The molecular weight excluding hydrogens is 709 g/mol.